The van der Waals surface area contributed by atoms with Crippen molar-refractivity contribution < 1.29 is 9.53 Å². The summed E-state index contributed by atoms with van der Waals surface area (Å²) in [4.78, 5) is 10.5. The quantitative estimate of drug-likeness (QED) is 0.762. The van der Waals surface area contributed by atoms with Gasteiger partial charge < -0.3 is 0 Å². The van der Waals surface area contributed by atoms with Crippen molar-refractivity contribution in [1.82, 2.24) is 0 Å². The summed E-state index contributed by atoms with van der Waals surface area (Å²) in [7, 11) is 0. The molecule has 0 fully saturated rings. The van der Waals surface area contributed by atoms with Gasteiger partial charge in [-0.05, 0) is 0 Å². The van der Waals surface area contributed by atoms with Crippen LogP contribution in [-0.2, 0) is 11.3 Å². The molecule has 0 aliphatic carbocycles. The molecule has 0 aliphatic heterocycles. The Morgan fingerprint density at radius 1 is 1.36 bits per heavy atom. The van der Waals surface area contributed by atoms with Gasteiger partial charge in [0.05, 0.1) is 0 Å². The molecule has 0 amide bonds. The molecular formula is C8H7O2Pb. The maximum atomic E-state index is 10.5. The third kappa shape index (κ3) is 3.50. The van der Waals surface area contributed by atoms with Crippen molar-refractivity contribution in [3.63, 3.8) is 0 Å². The predicted molar refractivity (Wildman–Crippen MR) is 42.4 cm³/mol. The van der Waals surface area contributed by atoms with Gasteiger partial charge in [0, 0.05) is 0 Å². The van der Waals surface area contributed by atoms with E-state index in [4.69, 9.17) is 4.74 Å². The van der Waals surface area contributed by atoms with E-state index in [1.54, 1.807) is 0 Å². The zero-order chi connectivity index (χ0) is 8.10. The van der Waals surface area contributed by atoms with Crippen LogP contribution in [0.5, 0.6) is 0 Å². The van der Waals surface area contributed by atoms with Crippen molar-refractivity contribution >= 4 is 29.3 Å². The molecule has 0 saturated carbocycles. The van der Waals surface area contributed by atoms with Crippen molar-refractivity contribution in [3.8, 4) is 0 Å². The van der Waals surface area contributed by atoms with Crippen LogP contribution in [-0.4, -0.2) is 29.3 Å². The number of hydrogen-bond donors (Lipinski definition) is 0. The van der Waals surface area contributed by atoms with Gasteiger partial charge in [-0.1, -0.05) is 0 Å². The molecule has 3 heteroatoms. The van der Waals surface area contributed by atoms with Crippen LogP contribution in [0.15, 0.2) is 30.3 Å². The van der Waals surface area contributed by atoms with Crippen LogP contribution >= 0.6 is 0 Å². The van der Waals surface area contributed by atoms with Gasteiger partial charge in [0.2, 0.25) is 0 Å². The molecule has 0 atom stereocenters. The summed E-state index contributed by atoms with van der Waals surface area (Å²) in [6, 6.07) is 9.66. The van der Waals surface area contributed by atoms with Gasteiger partial charge >= 0.3 is 81.3 Å². The van der Waals surface area contributed by atoms with Gasteiger partial charge in [0.1, 0.15) is 0 Å². The number of rotatable bonds is 2. The fourth-order valence-corrected chi connectivity index (χ4v) is 1.00. The fraction of sp³-hybridized carbons (Fsp3) is 0.125. The Kier molecular flexibility index (Phi) is 3.55. The summed E-state index contributed by atoms with van der Waals surface area (Å²) < 4.78 is 4.75. The second-order valence-corrected chi connectivity index (χ2v) is 3.65. The van der Waals surface area contributed by atoms with Crippen molar-refractivity contribution in [2.45, 2.75) is 6.61 Å². The molecule has 1 rings (SSSR count). The standard InChI is InChI=1S/C8H7O2.Pb/c9-7-10-6-8-4-2-1-3-5-8;/h1-5H,6H2;. The molecule has 1 aromatic carbocycles. The van der Waals surface area contributed by atoms with E-state index in [0.29, 0.717) is 32.4 Å². The molecule has 3 radical (unpaired) electrons. The first kappa shape index (κ1) is 8.71. The zero-order valence-electron chi connectivity index (χ0n) is 5.91. The number of carbonyl (C=O) groups excluding carboxylic acids is 1. The average Bonchev–Trinajstić information content (AvgIpc) is 2.03. The third-order valence-electron chi connectivity index (χ3n) is 1.21. The molecule has 55 valence electrons. The van der Waals surface area contributed by atoms with Gasteiger partial charge in [-0.3, -0.25) is 0 Å². The second-order valence-electron chi connectivity index (χ2n) is 2.06. The molecule has 0 bridgehead atoms. The summed E-state index contributed by atoms with van der Waals surface area (Å²) in [5, 5.41) is 0. The number of benzene rings is 1. The molecule has 0 N–H and O–H groups in total. The van der Waals surface area contributed by atoms with Gasteiger partial charge in [0.25, 0.3) is 0 Å². The number of ether oxygens (including phenoxy) is 1. The Hall–Kier alpha value is -0.388. The Bertz CT molecular complexity index is 233. The summed E-state index contributed by atoms with van der Waals surface area (Å²) >= 11 is 0.469. The summed E-state index contributed by atoms with van der Waals surface area (Å²) in [5.41, 5.74) is 1.04. The minimum atomic E-state index is -0.103. The van der Waals surface area contributed by atoms with E-state index in [2.05, 4.69) is 0 Å². The fourth-order valence-electron chi connectivity index (χ4n) is 0.723. The number of hydrogen-bond acceptors (Lipinski definition) is 2. The van der Waals surface area contributed by atoms with Crippen LogP contribution in [0.25, 0.3) is 0 Å². The van der Waals surface area contributed by atoms with E-state index in [-0.39, 0.29) is 3.53 Å². The molecular weight excluding hydrogens is 335 g/mol. The Morgan fingerprint density at radius 2 is 2.00 bits per heavy atom. The van der Waals surface area contributed by atoms with Crippen molar-refractivity contribution in [2.24, 2.45) is 0 Å². The van der Waals surface area contributed by atoms with E-state index in [1.807, 2.05) is 30.3 Å². The molecule has 0 heterocycles. The van der Waals surface area contributed by atoms with Crippen LogP contribution in [0.4, 0.5) is 4.79 Å². The van der Waals surface area contributed by atoms with Gasteiger partial charge in [-0.25, -0.2) is 0 Å². The monoisotopic (exact) mass is 343 g/mol. The van der Waals surface area contributed by atoms with Gasteiger partial charge in [-0.15, -0.1) is 0 Å². The molecule has 11 heavy (non-hydrogen) atoms. The predicted octanol–water partition coefficient (Wildman–Crippen LogP) is 1.49. The van der Waals surface area contributed by atoms with Crippen LogP contribution in [0.1, 0.15) is 5.56 Å². The minimum absolute atomic E-state index is 0.103. The van der Waals surface area contributed by atoms with E-state index in [0.717, 1.165) is 5.56 Å². The van der Waals surface area contributed by atoms with Crippen LogP contribution in [0.2, 0.25) is 0 Å². The Morgan fingerprint density at radius 3 is 2.55 bits per heavy atom. The van der Waals surface area contributed by atoms with Crippen molar-refractivity contribution in [2.75, 3.05) is 0 Å². The van der Waals surface area contributed by atoms with E-state index in [1.165, 1.54) is 0 Å². The van der Waals surface area contributed by atoms with Crippen molar-refractivity contribution in [1.29, 1.82) is 0 Å². The Balaban J connectivity index is 2.45. The SMILES string of the molecule is O=[C]([Pb])OCc1ccccc1. The van der Waals surface area contributed by atoms with E-state index >= 15 is 0 Å². The first-order valence-corrected chi connectivity index (χ1v) is 5.15. The van der Waals surface area contributed by atoms with Crippen LogP contribution < -0.4 is 0 Å². The maximum absolute atomic E-state index is 10.5. The average molecular weight is 342 g/mol. The molecule has 0 unspecified atom stereocenters. The van der Waals surface area contributed by atoms with Gasteiger partial charge in [-0.2, -0.15) is 0 Å². The summed E-state index contributed by atoms with van der Waals surface area (Å²) in [6.07, 6.45) is 0. The Labute approximate surface area is 81.2 Å². The number of carbonyl (C=O) groups is 1. The van der Waals surface area contributed by atoms with Crippen LogP contribution in [0, 0.1) is 0 Å². The zero-order valence-corrected chi connectivity index (χ0v) is 9.80. The third-order valence-corrected chi connectivity index (χ3v) is 1.77. The van der Waals surface area contributed by atoms with Gasteiger partial charge in [0.15, 0.2) is 0 Å². The van der Waals surface area contributed by atoms with E-state index in [9.17, 15) is 4.79 Å². The summed E-state index contributed by atoms with van der Waals surface area (Å²) in [6.45, 7) is 0.406. The molecule has 0 aliphatic rings. The topological polar surface area (TPSA) is 26.3 Å². The van der Waals surface area contributed by atoms with Crippen LogP contribution in [0.3, 0.4) is 0 Å². The second kappa shape index (κ2) is 4.48. The first-order chi connectivity index (χ1) is 5.29. The molecule has 0 spiro atoms. The molecule has 2 nitrogen and oxygen atoms in total. The van der Waals surface area contributed by atoms with E-state index < -0.39 is 0 Å². The molecule has 0 saturated heterocycles. The van der Waals surface area contributed by atoms with Crippen molar-refractivity contribution in [3.05, 3.63) is 35.9 Å². The molecule has 0 aromatic heterocycles. The molecule has 1 aromatic rings. The summed E-state index contributed by atoms with van der Waals surface area (Å²) in [5.74, 6) is 0. The first-order valence-electron chi connectivity index (χ1n) is 3.21. The normalized spacial score (nSPS) is 9.18.